The number of halogens is 1. The monoisotopic (exact) mass is 236 g/mol. The summed E-state index contributed by atoms with van der Waals surface area (Å²) < 4.78 is 13.8. The summed E-state index contributed by atoms with van der Waals surface area (Å²) in [5, 5.41) is 3.46. The van der Waals surface area contributed by atoms with Crippen LogP contribution in [0.5, 0.6) is 0 Å². The van der Waals surface area contributed by atoms with Gasteiger partial charge in [0.05, 0.1) is 11.9 Å². The Kier molecular flexibility index (Phi) is 3.58. The van der Waals surface area contributed by atoms with Crippen LogP contribution >= 0.6 is 0 Å². The molecule has 0 unspecified atom stereocenters. The van der Waals surface area contributed by atoms with Gasteiger partial charge in [0, 0.05) is 26.2 Å². The summed E-state index contributed by atoms with van der Waals surface area (Å²) >= 11 is 0. The largest absolute Gasteiger partial charge is 0.367 e. The third-order valence-corrected chi connectivity index (χ3v) is 3.04. The molecule has 0 saturated carbocycles. The van der Waals surface area contributed by atoms with Crippen molar-refractivity contribution < 1.29 is 4.39 Å². The van der Waals surface area contributed by atoms with Crippen LogP contribution in [0, 0.1) is 5.82 Å². The van der Waals surface area contributed by atoms with E-state index in [9.17, 15) is 4.39 Å². The Hall–Kier alpha value is -1.62. The molecule has 0 radical (unpaired) electrons. The Balaban J connectivity index is 2.21. The van der Waals surface area contributed by atoms with Gasteiger partial charge in [0.1, 0.15) is 5.82 Å². The second-order valence-electron chi connectivity index (χ2n) is 4.28. The van der Waals surface area contributed by atoms with Crippen molar-refractivity contribution in [3.8, 4) is 0 Å². The van der Waals surface area contributed by atoms with Crippen molar-refractivity contribution in [3.63, 3.8) is 0 Å². The predicted octanol–water partition coefficient (Wildman–Crippen LogP) is 0.870. The van der Waals surface area contributed by atoms with Gasteiger partial charge in [-0.2, -0.15) is 5.10 Å². The molecule has 1 saturated heterocycles. The standard InChI is InChI=1S/C12H17FN4/c1-16-4-6-17(7-5-16)12-8-10(9-15-14)2-3-11(12)13/h2-3,8-9H,4-7,14H2,1H3. The number of benzene rings is 1. The fourth-order valence-electron chi connectivity index (χ4n) is 1.99. The second kappa shape index (κ2) is 5.14. The van der Waals surface area contributed by atoms with Gasteiger partial charge in [-0.05, 0) is 24.7 Å². The normalized spacial score (nSPS) is 17.9. The van der Waals surface area contributed by atoms with Gasteiger partial charge in [-0.25, -0.2) is 4.39 Å². The summed E-state index contributed by atoms with van der Waals surface area (Å²) in [4.78, 5) is 4.29. The Morgan fingerprint density at radius 2 is 2.00 bits per heavy atom. The zero-order chi connectivity index (χ0) is 12.3. The maximum atomic E-state index is 13.8. The molecule has 17 heavy (non-hydrogen) atoms. The number of nitrogens with two attached hydrogens (primary N) is 1. The number of hydrogen-bond donors (Lipinski definition) is 1. The number of piperazine rings is 1. The molecule has 1 aliphatic rings. The lowest BCUT2D eigenvalue weighted by Gasteiger charge is -2.34. The van der Waals surface area contributed by atoms with Crippen LogP contribution in [-0.4, -0.2) is 44.3 Å². The Bertz CT molecular complexity index is 411. The number of hydrogen-bond acceptors (Lipinski definition) is 4. The first-order valence-corrected chi connectivity index (χ1v) is 5.67. The van der Waals surface area contributed by atoms with Crippen molar-refractivity contribution in [2.24, 2.45) is 10.9 Å². The molecular formula is C12H17FN4. The van der Waals surface area contributed by atoms with Crippen LogP contribution in [0.2, 0.25) is 0 Å². The zero-order valence-corrected chi connectivity index (χ0v) is 9.93. The van der Waals surface area contributed by atoms with E-state index in [-0.39, 0.29) is 5.82 Å². The van der Waals surface area contributed by atoms with Crippen LogP contribution in [0.3, 0.4) is 0 Å². The molecule has 0 aliphatic carbocycles. The van der Waals surface area contributed by atoms with E-state index in [0.29, 0.717) is 5.69 Å². The van der Waals surface area contributed by atoms with Crippen molar-refractivity contribution in [1.82, 2.24) is 4.90 Å². The number of nitrogens with zero attached hydrogens (tertiary/aromatic N) is 3. The average molecular weight is 236 g/mol. The smallest absolute Gasteiger partial charge is 0.146 e. The summed E-state index contributed by atoms with van der Waals surface area (Å²) in [6, 6.07) is 4.92. The zero-order valence-electron chi connectivity index (χ0n) is 9.93. The van der Waals surface area contributed by atoms with Crippen LogP contribution in [0.1, 0.15) is 5.56 Å². The van der Waals surface area contributed by atoms with E-state index in [4.69, 9.17) is 5.84 Å². The van der Waals surface area contributed by atoms with Gasteiger partial charge < -0.3 is 15.6 Å². The van der Waals surface area contributed by atoms with Crippen molar-refractivity contribution in [2.75, 3.05) is 38.1 Å². The van der Waals surface area contributed by atoms with E-state index in [1.165, 1.54) is 12.3 Å². The van der Waals surface area contributed by atoms with Gasteiger partial charge in [-0.15, -0.1) is 0 Å². The minimum Gasteiger partial charge on any atom is -0.367 e. The van der Waals surface area contributed by atoms with Crippen LogP contribution in [-0.2, 0) is 0 Å². The van der Waals surface area contributed by atoms with Gasteiger partial charge in [-0.3, -0.25) is 0 Å². The maximum absolute atomic E-state index is 13.8. The van der Waals surface area contributed by atoms with Crippen molar-refractivity contribution in [1.29, 1.82) is 0 Å². The highest BCUT2D eigenvalue weighted by molar-refractivity contribution is 5.81. The molecule has 0 aromatic heterocycles. The minimum atomic E-state index is -0.191. The van der Waals surface area contributed by atoms with Crippen molar-refractivity contribution >= 4 is 11.9 Å². The summed E-state index contributed by atoms with van der Waals surface area (Å²) in [6.07, 6.45) is 1.53. The highest BCUT2D eigenvalue weighted by Crippen LogP contribution is 2.21. The number of likely N-dealkylation sites (N-methyl/N-ethyl adjacent to an activating group) is 1. The first-order valence-electron chi connectivity index (χ1n) is 5.67. The van der Waals surface area contributed by atoms with E-state index in [1.54, 1.807) is 12.1 Å². The average Bonchev–Trinajstić information content (AvgIpc) is 2.33. The summed E-state index contributed by atoms with van der Waals surface area (Å²) in [6.45, 7) is 3.59. The van der Waals surface area contributed by atoms with Crippen molar-refractivity contribution in [2.45, 2.75) is 0 Å². The fraction of sp³-hybridized carbons (Fsp3) is 0.417. The lowest BCUT2D eigenvalue weighted by molar-refractivity contribution is 0.311. The molecular weight excluding hydrogens is 219 g/mol. The van der Waals surface area contributed by atoms with Crippen LogP contribution in [0.4, 0.5) is 10.1 Å². The molecule has 2 N–H and O–H groups in total. The minimum absolute atomic E-state index is 0.191. The number of rotatable bonds is 2. The lowest BCUT2D eigenvalue weighted by atomic mass is 10.1. The summed E-state index contributed by atoms with van der Waals surface area (Å²) in [5.41, 5.74) is 1.46. The van der Waals surface area contributed by atoms with E-state index in [0.717, 1.165) is 31.7 Å². The van der Waals surface area contributed by atoms with Gasteiger partial charge >= 0.3 is 0 Å². The van der Waals surface area contributed by atoms with E-state index < -0.39 is 0 Å². The topological polar surface area (TPSA) is 44.9 Å². The molecule has 5 heteroatoms. The number of hydrazone groups is 1. The Morgan fingerprint density at radius 1 is 1.29 bits per heavy atom. The molecule has 0 bridgehead atoms. The maximum Gasteiger partial charge on any atom is 0.146 e. The molecule has 0 spiro atoms. The van der Waals surface area contributed by atoms with Gasteiger partial charge in [-0.1, -0.05) is 6.07 Å². The SMILES string of the molecule is CN1CCN(c2cc(C=NN)ccc2F)CC1. The third-order valence-electron chi connectivity index (χ3n) is 3.04. The predicted molar refractivity (Wildman–Crippen MR) is 67.9 cm³/mol. The van der Waals surface area contributed by atoms with Gasteiger partial charge in [0.25, 0.3) is 0 Å². The highest BCUT2D eigenvalue weighted by atomic mass is 19.1. The van der Waals surface area contributed by atoms with Crippen LogP contribution < -0.4 is 10.7 Å². The molecule has 0 atom stereocenters. The Labute approximate surface area is 101 Å². The third kappa shape index (κ3) is 2.74. The molecule has 1 aromatic rings. The highest BCUT2D eigenvalue weighted by Gasteiger charge is 2.17. The number of anilines is 1. The summed E-state index contributed by atoms with van der Waals surface area (Å²) in [5.74, 6) is 4.91. The lowest BCUT2D eigenvalue weighted by Crippen LogP contribution is -2.44. The van der Waals surface area contributed by atoms with Gasteiger partial charge in [0.15, 0.2) is 0 Å². The quantitative estimate of drug-likeness (QED) is 0.471. The molecule has 2 rings (SSSR count). The molecule has 92 valence electrons. The second-order valence-corrected chi connectivity index (χ2v) is 4.28. The molecule has 0 amide bonds. The molecule has 1 heterocycles. The van der Waals surface area contributed by atoms with E-state index >= 15 is 0 Å². The van der Waals surface area contributed by atoms with Crippen LogP contribution in [0.25, 0.3) is 0 Å². The molecule has 4 nitrogen and oxygen atoms in total. The van der Waals surface area contributed by atoms with Crippen molar-refractivity contribution in [3.05, 3.63) is 29.6 Å². The first kappa shape index (κ1) is 11.9. The van der Waals surface area contributed by atoms with E-state index in [1.807, 2.05) is 0 Å². The Morgan fingerprint density at radius 3 is 2.65 bits per heavy atom. The fourth-order valence-corrected chi connectivity index (χ4v) is 1.99. The summed E-state index contributed by atoms with van der Waals surface area (Å²) in [7, 11) is 2.07. The van der Waals surface area contributed by atoms with Crippen LogP contribution in [0.15, 0.2) is 23.3 Å². The van der Waals surface area contributed by atoms with Gasteiger partial charge in [0.2, 0.25) is 0 Å². The molecule has 1 fully saturated rings. The molecule has 1 aromatic carbocycles. The van der Waals surface area contributed by atoms with E-state index in [2.05, 4.69) is 21.9 Å². The first-order chi connectivity index (χ1) is 8.20. The molecule has 1 aliphatic heterocycles.